The molecule has 2 aromatic rings. The van der Waals surface area contributed by atoms with Gasteiger partial charge in [-0.2, -0.15) is 0 Å². The van der Waals surface area contributed by atoms with Crippen LogP contribution in [0.4, 0.5) is 11.4 Å². The van der Waals surface area contributed by atoms with E-state index >= 15 is 0 Å². The summed E-state index contributed by atoms with van der Waals surface area (Å²) < 4.78 is 0. The fourth-order valence-electron chi connectivity index (χ4n) is 3.89. The Morgan fingerprint density at radius 1 is 0.926 bits per heavy atom. The number of aromatic hydroxyl groups is 1. The molecule has 0 bridgehead atoms. The van der Waals surface area contributed by atoms with Crippen LogP contribution in [0.3, 0.4) is 0 Å². The smallest absolute Gasteiger partial charge is 0.251 e. The normalized spacial score (nSPS) is 21.1. The second kappa shape index (κ2) is 7.04. The van der Waals surface area contributed by atoms with Crippen LogP contribution >= 0.6 is 0 Å². The molecule has 2 aliphatic rings. The van der Waals surface area contributed by atoms with Crippen molar-refractivity contribution in [3.63, 3.8) is 0 Å². The number of imide groups is 1. The number of hydrogen-bond acceptors (Lipinski definition) is 5. The van der Waals surface area contributed by atoms with Gasteiger partial charge in [-0.1, -0.05) is 12.1 Å². The number of rotatable bonds is 3. The number of piperazine rings is 1. The van der Waals surface area contributed by atoms with E-state index in [0.717, 1.165) is 37.4 Å². The van der Waals surface area contributed by atoms with E-state index in [4.69, 9.17) is 0 Å². The maximum atomic E-state index is 12.9. The number of carbonyl (C=O) groups is 2. The van der Waals surface area contributed by atoms with Crippen molar-refractivity contribution in [1.29, 1.82) is 0 Å². The Morgan fingerprint density at radius 3 is 2.30 bits per heavy atom. The highest BCUT2D eigenvalue weighted by molar-refractivity contribution is 6.22. The van der Waals surface area contributed by atoms with Crippen LogP contribution in [0.5, 0.6) is 5.75 Å². The summed E-state index contributed by atoms with van der Waals surface area (Å²) >= 11 is 0. The molecule has 2 aromatic carbocycles. The average molecular weight is 365 g/mol. The monoisotopic (exact) mass is 365 g/mol. The lowest BCUT2D eigenvalue weighted by molar-refractivity contribution is -0.123. The first-order chi connectivity index (χ1) is 13.0. The van der Waals surface area contributed by atoms with Crippen LogP contribution in [0, 0.1) is 6.92 Å². The topological polar surface area (TPSA) is 64.1 Å². The van der Waals surface area contributed by atoms with E-state index in [0.29, 0.717) is 5.69 Å². The van der Waals surface area contributed by atoms with Crippen LogP contribution in [0.15, 0.2) is 48.5 Å². The van der Waals surface area contributed by atoms with E-state index in [-0.39, 0.29) is 30.0 Å². The third-order valence-electron chi connectivity index (χ3n) is 5.35. The molecule has 0 saturated carbocycles. The lowest BCUT2D eigenvalue weighted by Gasteiger charge is -2.38. The molecule has 1 atom stereocenters. The van der Waals surface area contributed by atoms with E-state index in [2.05, 4.69) is 9.80 Å². The average Bonchev–Trinajstić information content (AvgIpc) is 2.97. The van der Waals surface area contributed by atoms with Gasteiger partial charge in [0, 0.05) is 31.9 Å². The van der Waals surface area contributed by atoms with Crippen LogP contribution in [-0.4, -0.2) is 54.0 Å². The largest absolute Gasteiger partial charge is 0.508 e. The van der Waals surface area contributed by atoms with E-state index in [9.17, 15) is 14.7 Å². The number of amides is 2. The summed E-state index contributed by atoms with van der Waals surface area (Å²) in [7, 11) is 0. The SMILES string of the molecule is Cc1cccc(N2C(=O)CC(N3CCN(c4ccc(O)cc4)CC3)C2=O)c1. The number of aryl methyl sites for hydroxylation is 1. The first kappa shape index (κ1) is 17.5. The van der Waals surface area contributed by atoms with Crippen molar-refractivity contribution >= 4 is 23.2 Å². The second-order valence-electron chi connectivity index (χ2n) is 7.17. The van der Waals surface area contributed by atoms with Crippen molar-refractivity contribution in [3.8, 4) is 5.75 Å². The zero-order chi connectivity index (χ0) is 19.0. The summed E-state index contributed by atoms with van der Waals surface area (Å²) in [6.07, 6.45) is 0.242. The minimum Gasteiger partial charge on any atom is -0.508 e. The quantitative estimate of drug-likeness (QED) is 0.845. The number of phenolic OH excluding ortho intramolecular Hbond substituents is 1. The summed E-state index contributed by atoms with van der Waals surface area (Å²) in [5.74, 6) is 0.00365. The third kappa shape index (κ3) is 3.40. The van der Waals surface area contributed by atoms with Gasteiger partial charge >= 0.3 is 0 Å². The van der Waals surface area contributed by atoms with Crippen LogP contribution in [0.1, 0.15) is 12.0 Å². The Morgan fingerprint density at radius 2 is 1.63 bits per heavy atom. The number of nitrogens with zero attached hydrogens (tertiary/aromatic N) is 3. The maximum Gasteiger partial charge on any atom is 0.251 e. The number of phenols is 1. The molecule has 2 aliphatic heterocycles. The van der Waals surface area contributed by atoms with Gasteiger partial charge in [0.25, 0.3) is 5.91 Å². The van der Waals surface area contributed by atoms with Crippen molar-refractivity contribution in [2.24, 2.45) is 0 Å². The zero-order valence-corrected chi connectivity index (χ0v) is 15.3. The number of carbonyl (C=O) groups excluding carboxylic acids is 2. The van der Waals surface area contributed by atoms with E-state index in [1.807, 2.05) is 43.3 Å². The van der Waals surface area contributed by atoms with Gasteiger partial charge in [-0.25, -0.2) is 4.90 Å². The minimum absolute atomic E-state index is 0.122. The predicted molar refractivity (Wildman–Crippen MR) is 104 cm³/mol. The Hall–Kier alpha value is -2.86. The molecule has 2 heterocycles. The summed E-state index contributed by atoms with van der Waals surface area (Å²) in [5, 5.41) is 9.43. The van der Waals surface area contributed by atoms with Crippen LogP contribution in [-0.2, 0) is 9.59 Å². The summed E-state index contributed by atoms with van der Waals surface area (Å²) in [6, 6.07) is 14.3. The first-order valence-corrected chi connectivity index (χ1v) is 9.24. The van der Waals surface area contributed by atoms with Crippen molar-refractivity contribution in [1.82, 2.24) is 4.90 Å². The Labute approximate surface area is 158 Å². The highest BCUT2D eigenvalue weighted by Crippen LogP contribution is 2.28. The van der Waals surface area contributed by atoms with E-state index < -0.39 is 0 Å². The first-order valence-electron chi connectivity index (χ1n) is 9.24. The van der Waals surface area contributed by atoms with Crippen molar-refractivity contribution in [2.45, 2.75) is 19.4 Å². The van der Waals surface area contributed by atoms with Crippen LogP contribution in [0.2, 0.25) is 0 Å². The van der Waals surface area contributed by atoms with E-state index in [1.54, 1.807) is 12.1 Å². The second-order valence-corrected chi connectivity index (χ2v) is 7.17. The Bertz CT molecular complexity index is 857. The molecule has 0 spiro atoms. The van der Waals surface area contributed by atoms with Crippen molar-refractivity contribution in [2.75, 3.05) is 36.0 Å². The fourth-order valence-corrected chi connectivity index (χ4v) is 3.89. The highest BCUT2D eigenvalue weighted by Gasteiger charge is 2.43. The molecule has 2 saturated heterocycles. The molecule has 0 aromatic heterocycles. The number of hydrogen-bond donors (Lipinski definition) is 1. The molecule has 2 fully saturated rings. The van der Waals surface area contributed by atoms with Gasteiger partial charge in [0.1, 0.15) is 5.75 Å². The molecule has 0 radical (unpaired) electrons. The molecule has 2 amide bonds. The van der Waals surface area contributed by atoms with Gasteiger partial charge in [0.05, 0.1) is 18.2 Å². The number of benzene rings is 2. The standard InChI is InChI=1S/C21H23N3O3/c1-15-3-2-4-17(13-15)24-20(26)14-19(21(24)27)23-11-9-22(10-12-23)16-5-7-18(25)8-6-16/h2-8,13,19,25H,9-12,14H2,1H3. The van der Waals surface area contributed by atoms with E-state index in [1.165, 1.54) is 4.90 Å². The molecule has 6 nitrogen and oxygen atoms in total. The van der Waals surface area contributed by atoms with Gasteiger partial charge in [-0.05, 0) is 48.9 Å². The van der Waals surface area contributed by atoms with Gasteiger partial charge < -0.3 is 10.0 Å². The molecule has 140 valence electrons. The fraction of sp³-hybridized carbons (Fsp3) is 0.333. The molecule has 1 unspecified atom stereocenters. The molecule has 4 rings (SSSR count). The van der Waals surface area contributed by atoms with Gasteiger partial charge in [-0.15, -0.1) is 0 Å². The summed E-state index contributed by atoms with van der Waals surface area (Å²) in [6.45, 7) is 4.98. The molecule has 0 aliphatic carbocycles. The predicted octanol–water partition coefficient (Wildman–Crippen LogP) is 2.15. The minimum atomic E-state index is -0.375. The Kier molecular flexibility index (Phi) is 4.58. The van der Waals surface area contributed by atoms with Crippen LogP contribution in [0.25, 0.3) is 0 Å². The summed E-state index contributed by atoms with van der Waals surface area (Å²) in [4.78, 5) is 31.1. The molecule has 1 N–H and O–H groups in total. The molecule has 6 heteroatoms. The maximum absolute atomic E-state index is 12.9. The van der Waals surface area contributed by atoms with Crippen molar-refractivity contribution < 1.29 is 14.7 Å². The highest BCUT2D eigenvalue weighted by atomic mass is 16.3. The molecular weight excluding hydrogens is 342 g/mol. The van der Waals surface area contributed by atoms with Gasteiger partial charge in [-0.3, -0.25) is 14.5 Å². The number of anilines is 2. The lowest BCUT2D eigenvalue weighted by atomic mass is 10.1. The van der Waals surface area contributed by atoms with Crippen molar-refractivity contribution in [3.05, 3.63) is 54.1 Å². The zero-order valence-electron chi connectivity index (χ0n) is 15.3. The van der Waals surface area contributed by atoms with Crippen LogP contribution < -0.4 is 9.80 Å². The van der Waals surface area contributed by atoms with Gasteiger partial charge in [0.15, 0.2) is 0 Å². The third-order valence-corrected chi connectivity index (χ3v) is 5.35. The summed E-state index contributed by atoms with van der Waals surface area (Å²) in [5.41, 5.74) is 2.75. The molecular formula is C21H23N3O3. The molecule has 27 heavy (non-hydrogen) atoms. The lowest BCUT2D eigenvalue weighted by Crippen LogP contribution is -2.52. The van der Waals surface area contributed by atoms with Gasteiger partial charge in [0.2, 0.25) is 5.91 Å². The Balaban J connectivity index is 1.44.